The first-order valence-electron chi connectivity index (χ1n) is 6.32. The molecule has 0 aliphatic rings. The zero-order chi connectivity index (χ0) is 13.5. The summed E-state index contributed by atoms with van der Waals surface area (Å²) in [5, 5.41) is 5.35. The average molecular weight is 311 g/mol. The molecule has 2 rings (SSSR count). The summed E-state index contributed by atoms with van der Waals surface area (Å²) in [6.45, 7) is 0.736. The molecule has 0 fully saturated rings. The maximum absolute atomic E-state index is 11.0. The van der Waals surface area contributed by atoms with Gasteiger partial charge in [-0.2, -0.15) is 11.8 Å². The third kappa shape index (κ3) is 4.71. The van der Waals surface area contributed by atoms with Gasteiger partial charge in [0.2, 0.25) is 5.91 Å². The normalized spacial score (nSPS) is 10.1. The van der Waals surface area contributed by atoms with Crippen molar-refractivity contribution in [1.82, 2.24) is 5.32 Å². The molecule has 1 amide bonds. The summed E-state index contributed by atoms with van der Waals surface area (Å²) in [4.78, 5) is 11.0. The minimum atomic E-state index is -0.0919. The van der Waals surface area contributed by atoms with E-state index in [2.05, 4.69) is 47.8 Å². The molecule has 0 bridgehead atoms. The molecular formula is C15H19ClN2OS. The van der Waals surface area contributed by atoms with E-state index in [0.717, 1.165) is 11.5 Å². The fraction of sp³-hybridized carbons (Fsp3) is 0.267. The van der Waals surface area contributed by atoms with E-state index in [4.69, 9.17) is 5.73 Å². The summed E-state index contributed by atoms with van der Waals surface area (Å²) in [6, 6.07) is 14.8. The molecule has 0 spiro atoms. The molecule has 0 saturated carbocycles. The topological polar surface area (TPSA) is 55.1 Å². The largest absolute Gasteiger partial charge is 0.354 e. The molecule has 2 aromatic carbocycles. The predicted octanol–water partition coefficient (Wildman–Crippen LogP) is 2.57. The van der Waals surface area contributed by atoms with Crippen molar-refractivity contribution in [3.05, 3.63) is 48.0 Å². The molecule has 0 radical (unpaired) electrons. The van der Waals surface area contributed by atoms with Crippen LogP contribution >= 0.6 is 24.2 Å². The van der Waals surface area contributed by atoms with Crippen molar-refractivity contribution in [1.29, 1.82) is 0 Å². The maximum Gasteiger partial charge on any atom is 0.233 e. The van der Waals surface area contributed by atoms with Gasteiger partial charge in [0.15, 0.2) is 0 Å². The van der Waals surface area contributed by atoms with Crippen molar-refractivity contribution in [2.24, 2.45) is 5.73 Å². The highest BCUT2D eigenvalue weighted by Gasteiger charge is 2.01. The summed E-state index contributed by atoms with van der Waals surface area (Å²) >= 11 is 1.82. The highest BCUT2D eigenvalue weighted by Crippen LogP contribution is 2.22. The van der Waals surface area contributed by atoms with E-state index >= 15 is 0 Å². The Hall–Kier alpha value is -1.23. The van der Waals surface area contributed by atoms with E-state index in [1.54, 1.807) is 0 Å². The molecule has 3 nitrogen and oxygen atoms in total. The molecule has 0 atom stereocenters. The SMILES string of the molecule is Cl.NCC(=O)NCCSCc1cccc2ccccc12. The number of nitrogens with one attached hydrogen (secondary N) is 1. The fourth-order valence-electron chi connectivity index (χ4n) is 1.94. The van der Waals surface area contributed by atoms with Crippen LogP contribution in [0.25, 0.3) is 10.8 Å². The van der Waals surface area contributed by atoms with Gasteiger partial charge >= 0.3 is 0 Å². The Labute approximate surface area is 129 Å². The number of hydrogen-bond acceptors (Lipinski definition) is 3. The summed E-state index contributed by atoms with van der Waals surface area (Å²) in [6.07, 6.45) is 0. The monoisotopic (exact) mass is 310 g/mol. The standard InChI is InChI=1S/C15H18N2OS.ClH/c16-10-15(18)17-8-9-19-11-13-6-3-5-12-4-1-2-7-14(12)13;/h1-7H,8-11,16H2,(H,17,18);1H. The van der Waals surface area contributed by atoms with Crippen LogP contribution in [0.15, 0.2) is 42.5 Å². The van der Waals surface area contributed by atoms with Crippen molar-refractivity contribution in [3.63, 3.8) is 0 Å². The van der Waals surface area contributed by atoms with Gasteiger partial charge in [-0.15, -0.1) is 12.4 Å². The lowest BCUT2D eigenvalue weighted by Gasteiger charge is -2.07. The number of halogens is 1. The van der Waals surface area contributed by atoms with Gasteiger partial charge in [-0.3, -0.25) is 4.79 Å². The van der Waals surface area contributed by atoms with Gasteiger partial charge in [0.25, 0.3) is 0 Å². The van der Waals surface area contributed by atoms with Crippen molar-refractivity contribution < 1.29 is 4.79 Å². The lowest BCUT2D eigenvalue weighted by Crippen LogP contribution is -2.31. The van der Waals surface area contributed by atoms with E-state index in [-0.39, 0.29) is 24.9 Å². The number of benzene rings is 2. The van der Waals surface area contributed by atoms with Gasteiger partial charge in [-0.05, 0) is 16.3 Å². The minimum Gasteiger partial charge on any atom is -0.354 e. The third-order valence-electron chi connectivity index (χ3n) is 2.89. The van der Waals surface area contributed by atoms with Crippen molar-refractivity contribution in [2.75, 3.05) is 18.8 Å². The number of carbonyl (C=O) groups is 1. The predicted molar refractivity (Wildman–Crippen MR) is 89.4 cm³/mol. The zero-order valence-corrected chi connectivity index (χ0v) is 12.8. The van der Waals surface area contributed by atoms with Crippen LogP contribution < -0.4 is 11.1 Å². The van der Waals surface area contributed by atoms with Crippen LogP contribution in [0.1, 0.15) is 5.56 Å². The average Bonchev–Trinajstić information content (AvgIpc) is 2.46. The molecule has 5 heteroatoms. The quantitative estimate of drug-likeness (QED) is 0.806. The second kappa shape index (κ2) is 8.84. The number of nitrogens with two attached hydrogens (primary N) is 1. The molecular weight excluding hydrogens is 292 g/mol. The number of fused-ring (bicyclic) bond motifs is 1. The smallest absolute Gasteiger partial charge is 0.233 e. The van der Waals surface area contributed by atoms with Gasteiger partial charge < -0.3 is 11.1 Å². The molecule has 3 N–H and O–H groups in total. The highest BCUT2D eigenvalue weighted by atomic mass is 35.5. The van der Waals surface area contributed by atoms with Crippen LogP contribution in [0.4, 0.5) is 0 Å². The summed E-state index contributed by atoms with van der Waals surface area (Å²) < 4.78 is 0. The Morgan fingerprint density at radius 1 is 1.15 bits per heavy atom. The number of hydrogen-bond donors (Lipinski definition) is 2. The first kappa shape index (κ1) is 16.8. The number of rotatable bonds is 6. The Balaban J connectivity index is 0.00000200. The fourth-order valence-corrected chi connectivity index (χ4v) is 2.80. The molecule has 0 aliphatic carbocycles. The van der Waals surface area contributed by atoms with Crippen LogP contribution in [-0.4, -0.2) is 24.7 Å². The minimum absolute atomic E-state index is 0. The lowest BCUT2D eigenvalue weighted by atomic mass is 10.1. The van der Waals surface area contributed by atoms with E-state index in [1.807, 2.05) is 11.8 Å². The van der Waals surface area contributed by atoms with Crippen LogP contribution in [0, 0.1) is 0 Å². The highest BCUT2D eigenvalue weighted by molar-refractivity contribution is 7.98. The first-order chi connectivity index (χ1) is 9.31. The Morgan fingerprint density at radius 2 is 1.90 bits per heavy atom. The van der Waals surface area contributed by atoms with Gasteiger partial charge in [-0.1, -0.05) is 42.5 Å². The molecule has 0 aliphatic heterocycles. The van der Waals surface area contributed by atoms with E-state index in [9.17, 15) is 4.79 Å². The number of thioether (sulfide) groups is 1. The number of carbonyl (C=O) groups excluding carboxylic acids is 1. The third-order valence-corrected chi connectivity index (χ3v) is 3.90. The lowest BCUT2D eigenvalue weighted by molar-refractivity contribution is -0.119. The van der Waals surface area contributed by atoms with Crippen LogP contribution in [-0.2, 0) is 10.5 Å². The van der Waals surface area contributed by atoms with E-state index in [1.165, 1.54) is 16.3 Å². The van der Waals surface area contributed by atoms with Gasteiger partial charge in [-0.25, -0.2) is 0 Å². The molecule has 0 saturated heterocycles. The van der Waals surface area contributed by atoms with Gasteiger partial charge in [0.05, 0.1) is 6.54 Å². The van der Waals surface area contributed by atoms with Crippen LogP contribution in [0.2, 0.25) is 0 Å². The Bertz CT molecular complexity index is 557. The van der Waals surface area contributed by atoms with Crippen LogP contribution in [0.3, 0.4) is 0 Å². The summed E-state index contributed by atoms with van der Waals surface area (Å²) in [5.41, 5.74) is 6.56. The Morgan fingerprint density at radius 3 is 2.70 bits per heavy atom. The second-order valence-corrected chi connectivity index (χ2v) is 5.35. The maximum atomic E-state index is 11.0. The summed E-state index contributed by atoms with van der Waals surface area (Å²) in [5.74, 6) is 1.76. The van der Waals surface area contributed by atoms with Gasteiger partial charge in [0, 0.05) is 18.1 Å². The van der Waals surface area contributed by atoms with Crippen molar-refractivity contribution in [3.8, 4) is 0 Å². The van der Waals surface area contributed by atoms with Crippen LogP contribution in [0.5, 0.6) is 0 Å². The molecule has 0 unspecified atom stereocenters. The molecule has 2 aromatic rings. The van der Waals surface area contributed by atoms with Gasteiger partial charge in [0.1, 0.15) is 0 Å². The molecule has 0 aromatic heterocycles. The zero-order valence-electron chi connectivity index (χ0n) is 11.2. The first-order valence-corrected chi connectivity index (χ1v) is 7.48. The molecule has 108 valence electrons. The van der Waals surface area contributed by atoms with E-state index in [0.29, 0.717) is 6.54 Å². The molecule has 0 heterocycles. The van der Waals surface area contributed by atoms with Crippen molar-refractivity contribution in [2.45, 2.75) is 5.75 Å². The second-order valence-electron chi connectivity index (χ2n) is 4.24. The van der Waals surface area contributed by atoms with Crippen molar-refractivity contribution >= 4 is 40.8 Å². The summed E-state index contributed by atoms with van der Waals surface area (Å²) in [7, 11) is 0. The Kier molecular flexibility index (Phi) is 7.44. The van der Waals surface area contributed by atoms with E-state index < -0.39 is 0 Å². The molecule has 20 heavy (non-hydrogen) atoms. The number of amides is 1.